The van der Waals surface area contributed by atoms with Gasteiger partial charge in [0.15, 0.2) is 26.4 Å². The van der Waals surface area contributed by atoms with Crippen molar-refractivity contribution in [2.45, 2.75) is 144 Å². The average Bonchev–Trinajstić information content (AvgIpc) is 3.13. The van der Waals surface area contributed by atoms with E-state index in [1.165, 1.54) is 47.0 Å². The number of rotatable bonds is 12. The minimum Gasteiger partial charge on any atom is -0.480 e. The summed E-state index contributed by atoms with van der Waals surface area (Å²) >= 11 is 4.94. The minimum absolute atomic E-state index is 0.237. The molecule has 1 heterocycles. The Morgan fingerprint density at radius 2 is 0.484 bits per heavy atom. The number of hydrogen-bond acceptors (Lipinski definition) is 12. The van der Waals surface area contributed by atoms with Gasteiger partial charge in [0.25, 0.3) is 0 Å². The molecule has 0 unspecified atom stereocenters. The van der Waals surface area contributed by atoms with Crippen LogP contribution in [0, 0.1) is 0 Å². The summed E-state index contributed by atoms with van der Waals surface area (Å²) in [5.41, 5.74) is 1.72. The summed E-state index contributed by atoms with van der Waals surface area (Å²) in [6, 6.07) is 15.4. The van der Waals surface area contributed by atoms with Gasteiger partial charge in [-0.3, -0.25) is 0 Å². The van der Waals surface area contributed by atoms with E-state index >= 15 is 0 Å². The van der Waals surface area contributed by atoms with Crippen molar-refractivity contribution in [1.29, 1.82) is 0 Å². The maximum atomic E-state index is 12.2. The summed E-state index contributed by atoms with van der Waals surface area (Å²) in [4.78, 5) is 52.9. The van der Waals surface area contributed by atoms with Gasteiger partial charge in [-0.15, -0.1) is 0 Å². The molecule has 1 aliphatic heterocycles. The summed E-state index contributed by atoms with van der Waals surface area (Å²) in [6.07, 6.45) is 0. The molecule has 8 bridgehead atoms. The first-order valence-electron chi connectivity index (χ1n) is 20.3. The highest BCUT2D eigenvalue weighted by atomic mass is 32.2. The van der Waals surface area contributed by atoms with E-state index in [0.29, 0.717) is 39.2 Å². The second-order valence-electron chi connectivity index (χ2n) is 19.3. The van der Waals surface area contributed by atoms with Crippen LogP contribution in [-0.4, -0.2) is 70.7 Å². The number of fused-ring (bicyclic) bond motifs is 8. The van der Waals surface area contributed by atoms with Gasteiger partial charge >= 0.3 is 23.9 Å². The monoisotopic (exact) mass is 952 g/mol. The van der Waals surface area contributed by atoms with Crippen LogP contribution in [0.2, 0.25) is 0 Å². The van der Waals surface area contributed by atoms with Crippen molar-refractivity contribution in [3.05, 3.63) is 70.8 Å². The van der Waals surface area contributed by atoms with E-state index in [1.807, 2.05) is 132 Å². The van der Waals surface area contributed by atoms with Crippen LogP contribution in [0.25, 0.3) is 0 Å². The zero-order valence-corrected chi connectivity index (χ0v) is 41.4. The van der Waals surface area contributed by atoms with Crippen molar-refractivity contribution < 1.29 is 58.6 Å². The number of carbonyl (C=O) groups is 4. The van der Waals surface area contributed by atoms with Crippen molar-refractivity contribution in [1.82, 2.24) is 0 Å². The second kappa shape index (κ2) is 19.4. The van der Waals surface area contributed by atoms with Crippen molar-refractivity contribution in [3.8, 4) is 23.0 Å². The Balaban J connectivity index is 2.05. The van der Waals surface area contributed by atoms with Crippen LogP contribution >= 0.6 is 47.0 Å². The van der Waals surface area contributed by atoms with Gasteiger partial charge in [0, 0.05) is 0 Å². The fraction of sp³-hybridized carbons (Fsp3) is 0.417. The lowest BCUT2D eigenvalue weighted by Crippen LogP contribution is -2.16. The highest BCUT2D eigenvalue weighted by Gasteiger charge is 2.31. The van der Waals surface area contributed by atoms with E-state index in [9.17, 15) is 39.6 Å². The minimum atomic E-state index is -1.21. The van der Waals surface area contributed by atoms with Crippen molar-refractivity contribution in [2.24, 2.45) is 0 Å². The third kappa shape index (κ3) is 12.8. The number of aliphatic carboxylic acids is 4. The predicted molar refractivity (Wildman–Crippen MR) is 250 cm³/mol. The van der Waals surface area contributed by atoms with Gasteiger partial charge in [-0.05, 0) is 92.4 Å². The van der Waals surface area contributed by atoms with E-state index in [-0.39, 0.29) is 23.0 Å². The summed E-state index contributed by atoms with van der Waals surface area (Å²) < 4.78 is 24.9. The van der Waals surface area contributed by atoms with Crippen molar-refractivity contribution >= 4 is 70.9 Å². The molecule has 5 rings (SSSR count). The molecule has 4 N–H and O–H groups in total. The highest BCUT2D eigenvalue weighted by Crippen LogP contribution is 2.56. The number of carboxylic acids is 4. The number of hydrogen-bond donors (Lipinski definition) is 4. The van der Waals surface area contributed by atoms with Crippen LogP contribution in [0.4, 0.5) is 0 Å². The Morgan fingerprint density at radius 1 is 0.344 bits per heavy atom. The molecule has 0 aromatic heterocycles. The number of carboxylic acid groups (broad SMARTS) is 4. The largest absolute Gasteiger partial charge is 0.480 e. The van der Waals surface area contributed by atoms with Crippen molar-refractivity contribution in [2.75, 3.05) is 26.4 Å². The normalized spacial score (nSPS) is 13.2. The van der Waals surface area contributed by atoms with Crippen LogP contribution < -0.4 is 18.9 Å². The van der Waals surface area contributed by atoms with Gasteiger partial charge in [0.1, 0.15) is 23.0 Å². The van der Waals surface area contributed by atoms with Gasteiger partial charge in [-0.25, -0.2) is 19.2 Å². The third-order valence-corrected chi connectivity index (χ3v) is 14.0. The third-order valence-electron chi connectivity index (χ3n) is 9.79. The lowest BCUT2D eigenvalue weighted by atomic mass is 9.87. The average molecular weight is 953 g/mol. The molecule has 0 saturated heterocycles. The Morgan fingerprint density at radius 3 is 0.594 bits per heavy atom. The van der Waals surface area contributed by atoms with Crippen LogP contribution in [0.15, 0.2) is 87.7 Å². The maximum Gasteiger partial charge on any atom is 0.341 e. The molecule has 0 spiro atoms. The summed E-state index contributed by atoms with van der Waals surface area (Å²) in [7, 11) is 0. The van der Waals surface area contributed by atoms with Crippen LogP contribution in [0.5, 0.6) is 23.0 Å². The molecule has 4 aromatic carbocycles. The zero-order valence-electron chi connectivity index (χ0n) is 38.1. The zero-order chi connectivity index (χ0) is 47.7. The van der Waals surface area contributed by atoms with Gasteiger partial charge in [-0.2, -0.15) is 0 Å². The molecule has 16 heteroatoms. The Hall–Kier alpha value is -4.64. The molecule has 0 saturated carbocycles. The van der Waals surface area contributed by atoms with E-state index < -0.39 is 72.0 Å². The Labute approximate surface area is 391 Å². The van der Waals surface area contributed by atoms with Gasteiger partial charge in [0.05, 0.1) is 39.2 Å². The first-order chi connectivity index (χ1) is 29.5. The number of ether oxygens (including phenoxy) is 4. The molecule has 344 valence electrons. The fourth-order valence-corrected chi connectivity index (χ4v) is 11.0. The van der Waals surface area contributed by atoms with E-state index in [4.69, 9.17) is 18.9 Å². The SMILES string of the molecule is CC(C)(C)c1cc2c(OCC(=O)O)c(c1)Sc1cc(C(C)(C)C)cc(c1OCC(=O)O)Sc1cc(C(C)(C)C)cc(c1OCC(=O)O)Sc1cc(C(C)(C)C)cc(c1OCC(=O)O)S2. The van der Waals surface area contributed by atoms with Crippen LogP contribution in [-0.2, 0) is 40.8 Å². The predicted octanol–water partition coefficient (Wildman–Crippen LogP) is 11.6. The van der Waals surface area contributed by atoms with Crippen LogP contribution in [0.3, 0.4) is 0 Å². The van der Waals surface area contributed by atoms with Crippen LogP contribution in [0.1, 0.15) is 105 Å². The van der Waals surface area contributed by atoms with Gasteiger partial charge in [-0.1, -0.05) is 130 Å². The molecule has 0 fully saturated rings. The quantitative estimate of drug-likeness (QED) is 0.0924. The molecule has 12 nitrogen and oxygen atoms in total. The van der Waals surface area contributed by atoms with Gasteiger partial charge < -0.3 is 39.4 Å². The smallest absolute Gasteiger partial charge is 0.341 e. The first kappa shape index (κ1) is 50.4. The van der Waals surface area contributed by atoms with E-state index in [1.54, 1.807) is 0 Å². The highest BCUT2D eigenvalue weighted by molar-refractivity contribution is 8.01. The first-order valence-corrected chi connectivity index (χ1v) is 23.6. The molecule has 0 atom stereocenters. The van der Waals surface area contributed by atoms with E-state index in [2.05, 4.69) is 0 Å². The molecule has 1 aliphatic rings. The topological polar surface area (TPSA) is 186 Å². The van der Waals surface area contributed by atoms with Gasteiger partial charge in [0.2, 0.25) is 0 Å². The fourth-order valence-electron chi connectivity index (χ4n) is 6.22. The molecule has 4 aromatic rings. The molecular weight excluding hydrogens is 897 g/mol. The molecule has 0 amide bonds. The molecule has 0 radical (unpaired) electrons. The molecular formula is C48H56O12S4. The molecule has 64 heavy (non-hydrogen) atoms. The summed E-state index contributed by atoms with van der Waals surface area (Å²) in [5, 5.41) is 39.8. The Kier molecular flexibility index (Phi) is 15.3. The van der Waals surface area contributed by atoms with Crippen molar-refractivity contribution in [3.63, 3.8) is 0 Å². The Bertz CT molecular complexity index is 2030. The number of benzene rings is 4. The summed E-state index contributed by atoms with van der Waals surface area (Å²) in [5.74, 6) is -3.87. The lowest BCUT2D eigenvalue weighted by molar-refractivity contribution is -0.140. The second-order valence-corrected chi connectivity index (χ2v) is 23.7. The standard InChI is InChI=1S/C48H56O12S4/c1-45(2,3)25-13-29-41(57-21-37(49)50)30(14-25)62-32-16-27(47(7,8)9)18-34(43(32)59-23-39(53)54)64-36-20-28(48(10,11)12)19-35(44(36)60-24-40(55)56)63-33-17-26(46(4,5)6)15-31(61-29)42(33)58-22-38(51)52/h13-20H,21-24H2,1-12H3,(H,49,50)(H,51,52)(H,53,54)(H,55,56). The lowest BCUT2D eigenvalue weighted by Gasteiger charge is -2.28. The van der Waals surface area contributed by atoms with E-state index in [0.717, 1.165) is 22.3 Å². The molecule has 0 aliphatic carbocycles. The summed E-state index contributed by atoms with van der Waals surface area (Å²) in [6.45, 7) is 21.8. The maximum absolute atomic E-state index is 12.2.